The molecule has 3 rings (SSSR count). The minimum atomic E-state index is -0.662. The van der Waals surface area contributed by atoms with Crippen LogP contribution in [0.15, 0.2) is 42.5 Å². The molecule has 0 unspecified atom stereocenters. The standard InChI is InChI=1S/C19H18FN3O2/c1-12-14(10-21)5-3-7-17(12)22-19(25)23-11-16(24)9-18(23)13-4-2-6-15(20)8-13/h2-8,16,18,24H,9,11H2,1H3,(H,22,25)/t16-,18+/m1/s1. The summed E-state index contributed by atoms with van der Waals surface area (Å²) >= 11 is 0. The highest BCUT2D eigenvalue weighted by Gasteiger charge is 2.35. The summed E-state index contributed by atoms with van der Waals surface area (Å²) in [7, 11) is 0. The Morgan fingerprint density at radius 2 is 2.12 bits per heavy atom. The van der Waals surface area contributed by atoms with Crippen LogP contribution >= 0.6 is 0 Å². The Morgan fingerprint density at radius 1 is 1.36 bits per heavy atom. The van der Waals surface area contributed by atoms with Gasteiger partial charge in [-0.1, -0.05) is 18.2 Å². The van der Waals surface area contributed by atoms with Crippen LogP contribution in [-0.4, -0.2) is 28.7 Å². The van der Waals surface area contributed by atoms with Crippen LogP contribution in [0.1, 0.15) is 29.2 Å². The molecule has 0 aromatic heterocycles. The van der Waals surface area contributed by atoms with Gasteiger partial charge in [0.25, 0.3) is 0 Å². The second-order valence-corrected chi connectivity index (χ2v) is 6.13. The van der Waals surface area contributed by atoms with Gasteiger partial charge >= 0.3 is 6.03 Å². The number of nitriles is 1. The minimum Gasteiger partial charge on any atom is -0.391 e. The lowest BCUT2D eigenvalue weighted by molar-refractivity contribution is 0.175. The Hall–Kier alpha value is -2.91. The zero-order valence-electron chi connectivity index (χ0n) is 13.7. The molecule has 1 aliphatic rings. The zero-order valence-corrected chi connectivity index (χ0v) is 13.7. The van der Waals surface area contributed by atoms with Gasteiger partial charge in [0.1, 0.15) is 5.82 Å². The van der Waals surface area contributed by atoms with Gasteiger partial charge in [0.05, 0.1) is 23.8 Å². The lowest BCUT2D eigenvalue weighted by atomic mass is 10.0. The van der Waals surface area contributed by atoms with Crippen molar-refractivity contribution < 1.29 is 14.3 Å². The number of anilines is 1. The Morgan fingerprint density at radius 3 is 2.84 bits per heavy atom. The number of hydrogen-bond donors (Lipinski definition) is 2. The van der Waals surface area contributed by atoms with Crippen molar-refractivity contribution in [1.82, 2.24) is 4.90 Å². The number of urea groups is 1. The molecule has 2 aromatic carbocycles. The molecular formula is C19H18FN3O2. The third-order valence-electron chi connectivity index (χ3n) is 4.47. The molecule has 5 nitrogen and oxygen atoms in total. The summed E-state index contributed by atoms with van der Waals surface area (Å²) in [5, 5.41) is 21.9. The Labute approximate surface area is 145 Å². The highest BCUT2D eigenvalue weighted by atomic mass is 19.1. The third kappa shape index (κ3) is 3.47. The van der Waals surface area contributed by atoms with Crippen LogP contribution in [0.25, 0.3) is 0 Å². The first-order valence-corrected chi connectivity index (χ1v) is 8.00. The monoisotopic (exact) mass is 339 g/mol. The van der Waals surface area contributed by atoms with Gasteiger partial charge in [-0.2, -0.15) is 5.26 Å². The van der Waals surface area contributed by atoms with E-state index in [-0.39, 0.29) is 18.4 Å². The largest absolute Gasteiger partial charge is 0.391 e. The maximum atomic E-state index is 13.5. The van der Waals surface area contributed by atoms with Crippen LogP contribution in [0.5, 0.6) is 0 Å². The second-order valence-electron chi connectivity index (χ2n) is 6.13. The maximum Gasteiger partial charge on any atom is 0.322 e. The van der Waals surface area contributed by atoms with E-state index in [0.29, 0.717) is 28.8 Å². The van der Waals surface area contributed by atoms with E-state index in [1.807, 2.05) is 0 Å². The van der Waals surface area contributed by atoms with E-state index in [9.17, 15) is 14.3 Å². The summed E-state index contributed by atoms with van der Waals surface area (Å²) in [5.41, 5.74) is 2.36. The fourth-order valence-corrected chi connectivity index (χ4v) is 3.15. The number of hydrogen-bond acceptors (Lipinski definition) is 3. The average molecular weight is 339 g/mol. The van der Waals surface area contributed by atoms with E-state index in [4.69, 9.17) is 5.26 Å². The van der Waals surface area contributed by atoms with Crippen molar-refractivity contribution in [2.45, 2.75) is 25.5 Å². The normalized spacial score (nSPS) is 19.5. The summed E-state index contributed by atoms with van der Waals surface area (Å²) in [6, 6.07) is 12.5. The Bertz CT molecular complexity index is 847. The van der Waals surface area contributed by atoms with Crippen molar-refractivity contribution in [1.29, 1.82) is 5.26 Å². The number of aliphatic hydroxyl groups is 1. The molecule has 1 heterocycles. The van der Waals surface area contributed by atoms with Gasteiger partial charge in [0, 0.05) is 12.2 Å². The van der Waals surface area contributed by atoms with Gasteiger partial charge in [0.2, 0.25) is 0 Å². The number of aliphatic hydroxyl groups excluding tert-OH is 1. The molecule has 1 fully saturated rings. The number of β-amino-alcohol motifs (C(OH)–C–C–N with tert-alkyl or cyclic N) is 1. The smallest absolute Gasteiger partial charge is 0.322 e. The van der Waals surface area contributed by atoms with Crippen LogP contribution in [0.4, 0.5) is 14.9 Å². The molecule has 6 heteroatoms. The van der Waals surface area contributed by atoms with Crippen molar-refractivity contribution in [3.63, 3.8) is 0 Å². The maximum absolute atomic E-state index is 13.5. The number of carbonyl (C=O) groups is 1. The molecule has 1 aliphatic heterocycles. The summed E-state index contributed by atoms with van der Waals surface area (Å²) in [5.74, 6) is -0.378. The van der Waals surface area contributed by atoms with Gasteiger partial charge in [-0.25, -0.2) is 9.18 Å². The molecule has 0 radical (unpaired) electrons. The Balaban J connectivity index is 1.84. The predicted molar refractivity (Wildman–Crippen MR) is 91.4 cm³/mol. The highest BCUT2D eigenvalue weighted by molar-refractivity contribution is 5.91. The van der Waals surface area contributed by atoms with E-state index in [1.165, 1.54) is 17.0 Å². The third-order valence-corrected chi connectivity index (χ3v) is 4.47. The quantitative estimate of drug-likeness (QED) is 0.881. The van der Waals surface area contributed by atoms with E-state index < -0.39 is 12.1 Å². The van der Waals surface area contributed by atoms with Crippen molar-refractivity contribution >= 4 is 11.7 Å². The molecular weight excluding hydrogens is 321 g/mol. The molecule has 2 aromatic rings. The number of halogens is 1. The number of rotatable bonds is 2. The van der Waals surface area contributed by atoms with Crippen molar-refractivity contribution in [3.05, 3.63) is 65.0 Å². The van der Waals surface area contributed by atoms with Crippen molar-refractivity contribution in [2.75, 3.05) is 11.9 Å². The summed E-state index contributed by atoms with van der Waals surface area (Å²) in [4.78, 5) is 14.2. The molecule has 0 bridgehead atoms. The lowest BCUT2D eigenvalue weighted by Crippen LogP contribution is -2.35. The van der Waals surface area contributed by atoms with E-state index in [0.717, 1.165) is 0 Å². The number of nitrogens with one attached hydrogen (secondary N) is 1. The van der Waals surface area contributed by atoms with E-state index in [2.05, 4.69) is 11.4 Å². The van der Waals surface area contributed by atoms with Crippen molar-refractivity contribution in [2.24, 2.45) is 0 Å². The van der Waals surface area contributed by atoms with Crippen LogP contribution < -0.4 is 5.32 Å². The van der Waals surface area contributed by atoms with Crippen LogP contribution in [0, 0.1) is 24.1 Å². The van der Waals surface area contributed by atoms with E-state index in [1.54, 1.807) is 37.3 Å². The van der Waals surface area contributed by atoms with Gasteiger partial charge in [-0.3, -0.25) is 0 Å². The van der Waals surface area contributed by atoms with Gasteiger partial charge < -0.3 is 15.3 Å². The molecule has 128 valence electrons. The van der Waals surface area contributed by atoms with Gasteiger partial charge in [0.15, 0.2) is 0 Å². The number of likely N-dealkylation sites (tertiary alicyclic amines) is 1. The van der Waals surface area contributed by atoms with Crippen LogP contribution in [-0.2, 0) is 0 Å². The van der Waals surface area contributed by atoms with E-state index >= 15 is 0 Å². The first-order valence-electron chi connectivity index (χ1n) is 8.00. The highest BCUT2D eigenvalue weighted by Crippen LogP contribution is 2.33. The molecule has 2 N–H and O–H groups in total. The predicted octanol–water partition coefficient (Wildman–Crippen LogP) is 3.35. The molecule has 0 spiro atoms. The first kappa shape index (κ1) is 16.9. The van der Waals surface area contributed by atoms with Crippen LogP contribution in [0.3, 0.4) is 0 Å². The summed E-state index contributed by atoms with van der Waals surface area (Å²) in [6.45, 7) is 1.93. The van der Waals surface area contributed by atoms with Crippen LogP contribution in [0.2, 0.25) is 0 Å². The second kappa shape index (κ2) is 6.91. The molecule has 1 saturated heterocycles. The number of benzene rings is 2. The summed E-state index contributed by atoms with van der Waals surface area (Å²) in [6.07, 6.45) is -0.306. The Kier molecular flexibility index (Phi) is 4.68. The summed E-state index contributed by atoms with van der Waals surface area (Å²) < 4.78 is 13.5. The average Bonchev–Trinajstić information content (AvgIpc) is 2.99. The SMILES string of the molecule is Cc1c(C#N)cccc1NC(=O)N1C[C@H](O)C[C@H]1c1cccc(F)c1. The fraction of sp³-hybridized carbons (Fsp3) is 0.263. The number of carbonyl (C=O) groups excluding carboxylic acids is 1. The van der Waals surface area contributed by atoms with Crippen molar-refractivity contribution in [3.8, 4) is 6.07 Å². The molecule has 2 amide bonds. The minimum absolute atomic E-state index is 0.171. The zero-order chi connectivity index (χ0) is 18.0. The number of amides is 2. The topological polar surface area (TPSA) is 76.4 Å². The first-order chi connectivity index (χ1) is 12.0. The molecule has 25 heavy (non-hydrogen) atoms. The molecule has 0 saturated carbocycles. The lowest BCUT2D eigenvalue weighted by Gasteiger charge is -2.25. The van der Waals surface area contributed by atoms with Gasteiger partial charge in [-0.05, 0) is 48.7 Å². The molecule has 0 aliphatic carbocycles. The fourth-order valence-electron chi connectivity index (χ4n) is 3.15. The molecule has 2 atom stereocenters. The van der Waals surface area contributed by atoms with Gasteiger partial charge in [-0.15, -0.1) is 0 Å². The number of nitrogens with zero attached hydrogens (tertiary/aromatic N) is 2.